The molecule has 0 saturated carbocycles. The second-order valence-electron chi connectivity index (χ2n) is 6.56. The van der Waals surface area contributed by atoms with Crippen LogP contribution in [-0.2, 0) is 4.74 Å². The number of piperidine rings is 1. The van der Waals surface area contributed by atoms with Crippen molar-refractivity contribution >= 4 is 6.09 Å². The van der Waals surface area contributed by atoms with Crippen molar-refractivity contribution in [2.45, 2.75) is 59.5 Å². The van der Waals surface area contributed by atoms with Crippen LogP contribution in [0.25, 0.3) is 0 Å². The van der Waals surface area contributed by atoms with Crippen LogP contribution in [0.1, 0.15) is 53.9 Å². The number of nitrogens with zero attached hydrogens (tertiary/aromatic N) is 1. The molecule has 1 atom stereocenters. The fraction of sp³-hybridized carbons (Fsp3) is 0.929. The zero-order chi connectivity index (χ0) is 13.1. The van der Waals surface area contributed by atoms with Gasteiger partial charge in [-0.3, -0.25) is 0 Å². The molecule has 0 spiro atoms. The van der Waals surface area contributed by atoms with E-state index in [1.807, 2.05) is 25.7 Å². The number of amides is 1. The highest BCUT2D eigenvalue weighted by Crippen LogP contribution is 2.24. The lowest BCUT2D eigenvalue weighted by Crippen LogP contribution is -2.43. The van der Waals surface area contributed by atoms with Crippen LogP contribution in [-0.4, -0.2) is 29.7 Å². The maximum absolute atomic E-state index is 11.9. The van der Waals surface area contributed by atoms with Gasteiger partial charge in [0.2, 0.25) is 0 Å². The molecule has 1 aliphatic rings. The van der Waals surface area contributed by atoms with Gasteiger partial charge in [-0.15, -0.1) is 0 Å². The van der Waals surface area contributed by atoms with Crippen molar-refractivity contribution in [3.63, 3.8) is 0 Å². The van der Waals surface area contributed by atoms with Crippen molar-refractivity contribution < 1.29 is 9.53 Å². The number of hydrogen-bond acceptors (Lipinski definition) is 2. The molecule has 0 radical (unpaired) electrons. The molecule has 3 nitrogen and oxygen atoms in total. The van der Waals surface area contributed by atoms with Crippen LogP contribution in [0.3, 0.4) is 0 Å². The van der Waals surface area contributed by atoms with Crippen LogP contribution < -0.4 is 0 Å². The van der Waals surface area contributed by atoms with Gasteiger partial charge in [-0.2, -0.15) is 0 Å². The van der Waals surface area contributed by atoms with E-state index in [4.69, 9.17) is 4.74 Å². The number of carbonyl (C=O) groups is 1. The summed E-state index contributed by atoms with van der Waals surface area (Å²) in [6.45, 7) is 12.0. The Morgan fingerprint density at radius 3 is 2.59 bits per heavy atom. The summed E-state index contributed by atoms with van der Waals surface area (Å²) in [5, 5.41) is 0. The molecule has 100 valence electrons. The molecular formula is C14H27NO2. The van der Waals surface area contributed by atoms with E-state index < -0.39 is 0 Å². The van der Waals surface area contributed by atoms with Crippen molar-refractivity contribution in [2.24, 2.45) is 11.8 Å². The zero-order valence-corrected chi connectivity index (χ0v) is 12.0. The summed E-state index contributed by atoms with van der Waals surface area (Å²) in [5.41, 5.74) is -0.387. The van der Waals surface area contributed by atoms with Gasteiger partial charge in [0.05, 0.1) is 0 Å². The van der Waals surface area contributed by atoms with Gasteiger partial charge < -0.3 is 9.64 Å². The number of carbonyl (C=O) groups excluding carboxylic acids is 1. The molecule has 17 heavy (non-hydrogen) atoms. The van der Waals surface area contributed by atoms with Crippen molar-refractivity contribution in [2.75, 3.05) is 13.1 Å². The van der Waals surface area contributed by atoms with E-state index in [-0.39, 0.29) is 11.7 Å². The third-order valence-electron chi connectivity index (χ3n) is 2.98. The zero-order valence-electron chi connectivity index (χ0n) is 12.0. The Morgan fingerprint density at radius 2 is 2.06 bits per heavy atom. The summed E-state index contributed by atoms with van der Waals surface area (Å²) in [5.74, 6) is 1.36. The first-order chi connectivity index (χ1) is 7.78. The Morgan fingerprint density at radius 1 is 1.41 bits per heavy atom. The van der Waals surface area contributed by atoms with Gasteiger partial charge in [0.25, 0.3) is 0 Å². The highest BCUT2D eigenvalue weighted by molar-refractivity contribution is 5.68. The molecule has 0 aromatic heterocycles. The lowest BCUT2D eigenvalue weighted by molar-refractivity contribution is 0.0155. The lowest BCUT2D eigenvalue weighted by atomic mass is 9.90. The highest BCUT2D eigenvalue weighted by Gasteiger charge is 2.27. The van der Waals surface area contributed by atoms with Crippen LogP contribution in [0.15, 0.2) is 0 Å². The van der Waals surface area contributed by atoms with Gasteiger partial charge >= 0.3 is 6.09 Å². The summed E-state index contributed by atoms with van der Waals surface area (Å²) in [7, 11) is 0. The molecule has 1 saturated heterocycles. The highest BCUT2D eigenvalue weighted by atomic mass is 16.6. The summed E-state index contributed by atoms with van der Waals surface area (Å²) < 4.78 is 5.42. The second kappa shape index (κ2) is 5.74. The topological polar surface area (TPSA) is 29.5 Å². The number of ether oxygens (including phenoxy) is 1. The standard InChI is InChI=1S/C14H27NO2/c1-11(2)9-12-7-6-8-15(10-12)13(16)17-14(3,4)5/h11-12H,6-10H2,1-5H3/t12-/m0/s1. The Bertz CT molecular complexity index is 255. The summed E-state index contributed by atoms with van der Waals surface area (Å²) >= 11 is 0. The average molecular weight is 241 g/mol. The van der Waals surface area contributed by atoms with Crippen LogP contribution in [0.5, 0.6) is 0 Å². The van der Waals surface area contributed by atoms with Crippen molar-refractivity contribution in [3.8, 4) is 0 Å². The van der Waals surface area contributed by atoms with E-state index in [9.17, 15) is 4.79 Å². The predicted octanol–water partition coefficient (Wildman–Crippen LogP) is 3.68. The minimum Gasteiger partial charge on any atom is -0.444 e. The number of hydrogen-bond donors (Lipinski definition) is 0. The van der Waals surface area contributed by atoms with Gasteiger partial charge in [-0.1, -0.05) is 13.8 Å². The number of rotatable bonds is 2. The minimum absolute atomic E-state index is 0.147. The molecule has 0 aliphatic carbocycles. The van der Waals surface area contributed by atoms with Crippen molar-refractivity contribution in [1.82, 2.24) is 4.90 Å². The Labute approximate surface area is 106 Å². The summed E-state index contributed by atoms with van der Waals surface area (Å²) in [6.07, 6.45) is 3.42. The molecule has 1 heterocycles. The molecule has 3 heteroatoms. The van der Waals surface area contributed by atoms with E-state index in [0.29, 0.717) is 11.8 Å². The third kappa shape index (κ3) is 5.42. The molecule has 0 unspecified atom stereocenters. The minimum atomic E-state index is -0.387. The van der Waals surface area contributed by atoms with Gasteiger partial charge in [0.1, 0.15) is 5.60 Å². The Balaban J connectivity index is 2.46. The first-order valence-corrected chi connectivity index (χ1v) is 6.76. The SMILES string of the molecule is CC(C)C[C@@H]1CCCN(C(=O)OC(C)(C)C)C1. The second-order valence-corrected chi connectivity index (χ2v) is 6.56. The van der Waals surface area contributed by atoms with E-state index in [0.717, 1.165) is 19.5 Å². The van der Waals surface area contributed by atoms with Crippen LogP contribution in [0.2, 0.25) is 0 Å². The predicted molar refractivity (Wildman–Crippen MR) is 70.0 cm³/mol. The first-order valence-electron chi connectivity index (χ1n) is 6.76. The first kappa shape index (κ1) is 14.3. The van der Waals surface area contributed by atoms with Crippen LogP contribution in [0, 0.1) is 11.8 Å². The lowest BCUT2D eigenvalue weighted by Gasteiger charge is -2.34. The van der Waals surface area contributed by atoms with Crippen molar-refractivity contribution in [3.05, 3.63) is 0 Å². The Hall–Kier alpha value is -0.730. The molecule has 1 amide bonds. The van der Waals surface area contributed by atoms with Gasteiger partial charge in [0.15, 0.2) is 0 Å². The number of likely N-dealkylation sites (tertiary alicyclic amines) is 1. The molecule has 0 bridgehead atoms. The van der Waals surface area contributed by atoms with E-state index >= 15 is 0 Å². The Kier molecular flexibility index (Phi) is 4.84. The maximum Gasteiger partial charge on any atom is 0.410 e. The maximum atomic E-state index is 11.9. The van der Waals surface area contributed by atoms with E-state index in [2.05, 4.69) is 13.8 Å². The van der Waals surface area contributed by atoms with Gasteiger partial charge in [-0.05, 0) is 51.9 Å². The largest absolute Gasteiger partial charge is 0.444 e. The third-order valence-corrected chi connectivity index (χ3v) is 2.98. The van der Waals surface area contributed by atoms with Crippen molar-refractivity contribution in [1.29, 1.82) is 0 Å². The van der Waals surface area contributed by atoms with E-state index in [1.54, 1.807) is 0 Å². The molecule has 0 aromatic carbocycles. The quantitative estimate of drug-likeness (QED) is 0.738. The smallest absolute Gasteiger partial charge is 0.410 e. The average Bonchev–Trinajstić information content (AvgIpc) is 2.14. The van der Waals surface area contributed by atoms with Crippen LogP contribution in [0.4, 0.5) is 4.79 Å². The van der Waals surface area contributed by atoms with Crippen LogP contribution >= 0.6 is 0 Å². The molecule has 1 fully saturated rings. The molecular weight excluding hydrogens is 214 g/mol. The summed E-state index contributed by atoms with van der Waals surface area (Å²) in [6, 6.07) is 0. The van der Waals surface area contributed by atoms with Gasteiger partial charge in [0, 0.05) is 13.1 Å². The fourth-order valence-electron chi connectivity index (χ4n) is 2.42. The molecule has 1 rings (SSSR count). The monoisotopic (exact) mass is 241 g/mol. The molecule has 0 N–H and O–H groups in total. The molecule has 0 aromatic rings. The summed E-state index contributed by atoms with van der Waals surface area (Å²) in [4.78, 5) is 13.8. The normalized spacial score (nSPS) is 21.8. The van der Waals surface area contributed by atoms with E-state index in [1.165, 1.54) is 12.8 Å². The van der Waals surface area contributed by atoms with Gasteiger partial charge in [-0.25, -0.2) is 4.79 Å². The fourth-order valence-corrected chi connectivity index (χ4v) is 2.42. The molecule has 1 aliphatic heterocycles.